The van der Waals surface area contributed by atoms with Crippen LogP contribution in [0.25, 0.3) is 0 Å². The number of carbonyl (C=O) groups is 9. The number of nitrogens with one attached hydrogen (secondary N) is 6. The molecule has 0 saturated carbocycles. The first kappa shape index (κ1) is 64.2. The lowest BCUT2D eigenvalue weighted by Gasteiger charge is -2.30. The van der Waals surface area contributed by atoms with Crippen LogP contribution < -0.4 is 43.4 Å². The minimum Gasteiger partial charge on any atom is -0.480 e. The number of carboxylic acids is 2. The molecule has 1 heterocycles. The van der Waals surface area contributed by atoms with Crippen LogP contribution >= 0.6 is 0 Å². The summed E-state index contributed by atoms with van der Waals surface area (Å²) in [6.45, 7) is 15.1. The number of ether oxygens (including phenoxy) is 1. The number of carbonyl (C=O) groups excluding carboxylic acids is 7. The Balaban J connectivity index is 2.84. The minimum absolute atomic E-state index is 0.00651. The van der Waals surface area contributed by atoms with Crippen LogP contribution in [0.15, 0.2) is 71.4 Å². The predicted molar refractivity (Wildman–Crippen MR) is 282 cm³/mol. The van der Waals surface area contributed by atoms with Crippen LogP contribution in [0.3, 0.4) is 0 Å². The topological polar surface area (TPSA) is 360 Å². The Labute approximate surface area is 441 Å². The van der Waals surface area contributed by atoms with Gasteiger partial charge in [-0.25, -0.2) is 14.6 Å². The molecule has 416 valence electrons. The maximum absolute atomic E-state index is 14.6. The third-order valence-corrected chi connectivity index (χ3v) is 13.5. The maximum Gasteiger partial charge on any atom is 0.327 e. The Morgan fingerprint density at radius 3 is 2.04 bits per heavy atom. The van der Waals surface area contributed by atoms with Crippen molar-refractivity contribution in [2.24, 2.45) is 40.1 Å². The molecule has 12 atom stereocenters. The zero-order valence-electron chi connectivity index (χ0n) is 44.5. The number of methoxy groups -OCH3 is 1. The van der Waals surface area contributed by atoms with Crippen molar-refractivity contribution in [3.63, 3.8) is 0 Å². The fourth-order valence-electron chi connectivity index (χ4n) is 8.01. The summed E-state index contributed by atoms with van der Waals surface area (Å²) in [6, 6.07) is -0.999. The number of rotatable bonds is 17. The number of allylic oxidation sites excluding steroid dienone is 2. The highest BCUT2D eigenvalue weighted by molar-refractivity contribution is 7.84. The molecular formula is C51H78N10O13S. The lowest BCUT2D eigenvalue weighted by atomic mass is 9.94. The number of hydrogen-bond donors (Lipinski definition) is 10. The highest BCUT2D eigenvalue weighted by Gasteiger charge is 2.39. The smallest absolute Gasteiger partial charge is 0.327 e. The molecule has 0 spiro atoms. The molecule has 1 aromatic carbocycles. The summed E-state index contributed by atoms with van der Waals surface area (Å²) < 4.78 is 18.1. The number of benzene rings is 1. The molecule has 7 amide bonds. The van der Waals surface area contributed by atoms with E-state index < -0.39 is 143 Å². The predicted octanol–water partition coefficient (Wildman–Crippen LogP) is 0.365. The molecule has 1 aromatic rings. The lowest BCUT2D eigenvalue weighted by molar-refractivity contribution is -0.146. The second kappa shape index (κ2) is 31.1. The van der Waals surface area contributed by atoms with Crippen LogP contribution in [-0.2, 0) is 65.1 Å². The minimum atomic E-state index is -2.00. The number of aliphatic carboxylic acids is 2. The Kier molecular flexibility index (Phi) is 26.6. The monoisotopic (exact) mass is 1070 g/mol. The van der Waals surface area contributed by atoms with Gasteiger partial charge >= 0.3 is 11.9 Å². The number of nitrogens with two attached hydrogens (primary N) is 2. The molecule has 2 rings (SSSR count). The van der Waals surface area contributed by atoms with Gasteiger partial charge in [-0.3, -0.25) is 37.8 Å². The Hall–Kier alpha value is -6.95. The molecule has 23 nitrogen and oxygen atoms in total. The standard InChI is InChI=1S/C51H78N10O13S/c1-12-34(58-51(52)53)42-48(68)54-35(19-18-28(4)25-29(5)39(74-10)26-33-16-14-13-15-17-33)30(6)43(63)56-37(49(69)70)20-21-40(62)61(9)32(8)45(65)57-38(24-27(2)3)47(67)55-36(22-23-75(11)73)46(66)59-41(50(71)72)31(7)44(64)60-42/h13-19,25,27,29-31,34-39,41-42H,8,12,20-24,26H2,1-7,9-11H3,(H,54,68)(H,55,67)(H,56,63)(H,57,65)(H,59,66)(H,60,64)(H,69,70)(H,71,72)(H4,52,53,58)/b19-18+,28-25+/t29-,30-,31-,34?,35-,36-,37+,38+,39-,41+,42-,75?/m0/s1. The molecule has 12 N–H and O–H groups in total. The molecule has 75 heavy (non-hydrogen) atoms. The highest BCUT2D eigenvalue weighted by Crippen LogP contribution is 2.19. The van der Waals surface area contributed by atoms with Gasteiger partial charge in [0.05, 0.1) is 30.0 Å². The molecular weight excluding hydrogens is 993 g/mol. The van der Waals surface area contributed by atoms with Gasteiger partial charge in [-0.05, 0) is 50.5 Å². The van der Waals surface area contributed by atoms with Crippen molar-refractivity contribution in [1.82, 2.24) is 36.8 Å². The quantitative estimate of drug-likeness (QED) is 0.0436. The molecule has 1 fully saturated rings. The van der Waals surface area contributed by atoms with Gasteiger partial charge in [-0.15, -0.1) is 0 Å². The van der Waals surface area contributed by atoms with E-state index in [9.17, 15) is 57.6 Å². The van der Waals surface area contributed by atoms with Crippen molar-refractivity contribution in [2.75, 3.05) is 26.2 Å². The van der Waals surface area contributed by atoms with Crippen molar-refractivity contribution < 1.29 is 62.3 Å². The van der Waals surface area contributed by atoms with E-state index in [0.29, 0.717) is 12.0 Å². The first-order chi connectivity index (χ1) is 35.1. The summed E-state index contributed by atoms with van der Waals surface area (Å²) in [5.41, 5.74) is 12.8. The second-order valence-corrected chi connectivity index (χ2v) is 20.7. The van der Waals surface area contributed by atoms with Crippen LogP contribution in [0.2, 0.25) is 0 Å². The molecule has 0 aliphatic carbocycles. The van der Waals surface area contributed by atoms with Crippen molar-refractivity contribution in [3.8, 4) is 0 Å². The van der Waals surface area contributed by atoms with Gasteiger partial charge < -0.3 is 63.2 Å². The van der Waals surface area contributed by atoms with E-state index in [0.717, 1.165) is 17.4 Å². The number of likely N-dealkylation sites (N-methyl/N-ethyl adjacent to an activating group) is 1. The lowest BCUT2D eigenvalue weighted by Crippen LogP contribution is -2.60. The van der Waals surface area contributed by atoms with Crippen molar-refractivity contribution in [1.29, 1.82) is 0 Å². The van der Waals surface area contributed by atoms with Crippen LogP contribution in [0, 0.1) is 23.7 Å². The van der Waals surface area contributed by atoms with Gasteiger partial charge in [-0.2, -0.15) is 0 Å². The van der Waals surface area contributed by atoms with Gasteiger partial charge in [0.15, 0.2) is 5.96 Å². The molecule has 0 radical (unpaired) electrons. The number of nitrogens with zero attached hydrogens (tertiary/aromatic N) is 2. The third kappa shape index (κ3) is 21.1. The molecule has 0 bridgehead atoms. The zero-order chi connectivity index (χ0) is 56.9. The largest absolute Gasteiger partial charge is 0.480 e. The van der Waals surface area contributed by atoms with Crippen molar-refractivity contribution in [3.05, 3.63) is 72.0 Å². The summed E-state index contributed by atoms with van der Waals surface area (Å²) in [7, 11) is 1.29. The maximum atomic E-state index is 14.6. The van der Waals surface area contributed by atoms with E-state index in [2.05, 4.69) is 43.5 Å². The van der Waals surface area contributed by atoms with E-state index in [4.69, 9.17) is 16.2 Å². The first-order valence-corrected chi connectivity index (χ1v) is 26.4. The average Bonchev–Trinajstić information content (AvgIpc) is 3.34. The van der Waals surface area contributed by atoms with E-state index in [1.165, 1.54) is 26.3 Å². The first-order valence-electron chi connectivity index (χ1n) is 24.7. The molecule has 1 aliphatic rings. The summed E-state index contributed by atoms with van der Waals surface area (Å²) >= 11 is 0. The molecule has 2 unspecified atom stereocenters. The van der Waals surface area contributed by atoms with E-state index in [1.807, 2.05) is 43.3 Å². The molecule has 0 aromatic heterocycles. The van der Waals surface area contributed by atoms with Crippen LogP contribution in [0.5, 0.6) is 0 Å². The van der Waals surface area contributed by atoms with Crippen LogP contribution in [0.1, 0.15) is 86.1 Å². The molecule has 1 aliphatic heterocycles. The van der Waals surface area contributed by atoms with E-state index in [1.54, 1.807) is 40.9 Å². The van der Waals surface area contributed by atoms with Crippen LogP contribution in [0.4, 0.5) is 0 Å². The summed E-state index contributed by atoms with van der Waals surface area (Å²) in [5.74, 6) is -13.8. The van der Waals surface area contributed by atoms with Gasteiger partial charge in [0.25, 0.3) is 5.91 Å². The van der Waals surface area contributed by atoms with Gasteiger partial charge in [-0.1, -0.05) is 102 Å². The second-order valence-electron chi connectivity index (χ2n) is 19.2. The normalized spacial score (nSPS) is 25.5. The summed E-state index contributed by atoms with van der Waals surface area (Å²) in [5, 5.41) is 35.7. The van der Waals surface area contributed by atoms with Crippen molar-refractivity contribution >= 4 is 70.0 Å². The SMILES string of the molecule is C=C1C(=O)N[C@H](CC(C)C)C(=O)N[C@@H](CCS(C)=O)C(=O)N[C@@H](C(=O)O)[C@H](C)C(=O)N[C@@H](C(CC)N=C(N)N)C(=O)N[C@@H](/C=C/C(C)=C/[C@H](C)[C@H](Cc2ccccc2)OC)[C@H](C)C(=O)N[C@@H](C(=O)O)CCC(=O)N1C. The van der Waals surface area contributed by atoms with E-state index >= 15 is 0 Å². The Morgan fingerprint density at radius 1 is 0.880 bits per heavy atom. The summed E-state index contributed by atoms with van der Waals surface area (Å²) in [4.78, 5) is 128. The average molecular weight is 1070 g/mol. The zero-order valence-corrected chi connectivity index (χ0v) is 45.4. The van der Waals surface area contributed by atoms with Gasteiger partial charge in [0.2, 0.25) is 35.4 Å². The summed E-state index contributed by atoms with van der Waals surface area (Å²) in [6.07, 6.45) is 5.49. The Bertz CT molecular complexity index is 2320. The number of guanidine groups is 1. The fourth-order valence-corrected chi connectivity index (χ4v) is 8.58. The van der Waals surface area contributed by atoms with Crippen molar-refractivity contribution in [2.45, 2.75) is 135 Å². The van der Waals surface area contributed by atoms with Crippen LogP contribution in [-0.4, -0.2) is 153 Å². The number of carboxylic acid groups (broad SMARTS) is 2. The molecule has 1 saturated heterocycles. The van der Waals surface area contributed by atoms with Gasteiger partial charge in [0, 0.05) is 49.3 Å². The number of amides is 7. The third-order valence-electron chi connectivity index (χ3n) is 12.7. The number of aliphatic imine (C=N–C) groups is 1. The fraction of sp³-hybridized carbons (Fsp3) is 0.569. The number of hydrogen-bond acceptors (Lipinski definition) is 12. The highest BCUT2D eigenvalue weighted by atomic mass is 32.2. The van der Waals surface area contributed by atoms with E-state index in [-0.39, 0.29) is 43.0 Å². The Morgan fingerprint density at radius 2 is 1.49 bits per heavy atom. The van der Waals surface area contributed by atoms with Gasteiger partial charge in [0.1, 0.15) is 35.9 Å². The molecule has 24 heteroatoms.